The minimum atomic E-state index is -0.0534. The summed E-state index contributed by atoms with van der Waals surface area (Å²) in [5.41, 5.74) is 12.2. The van der Waals surface area contributed by atoms with E-state index >= 15 is 0 Å². The molecular weight excluding hydrogens is 504 g/mol. The van der Waals surface area contributed by atoms with E-state index in [4.69, 9.17) is 0 Å². The van der Waals surface area contributed by atoms with Gasteiger partial charge in [-0.15, -0.1) is 0 Å². The number of fused-ring (bicyclic) bond motifs is 6. The molecule has 0 nitrogen and oxygen atoms in total. The fourth-order valence-electron chi connectivity index (χ4n) is 7.37. The summed E-state index contributed by atoms with van der Waals surface area (Å²) in [6.45, 7) is 9.36. The molecule has 202 valence electrons. The molecule has 0 saturated carbocycles. The van der Waals surface area contributed by atoms with Crippen molar-refractivity contribution >= 4 is 32.3 Å². The molecule has 0 amide bonds. The fourth-order valence-corrected chi connectivity index (χ4v) is 7.37. The second-order valence-corrected chi connectivity index (χ2v) is 12.7. The quantitative estimate of drug-likeness (QED) is 0.196. The van der Waals surface area contributed by atoms with Crippen LogP contribution < -0.4 is 0 Å². The van der Waals surface area contributed by atoms with Crippen molar-refractivity contribution in [2.45, 2.75) is 39.0 Å². The predicted octanol–water partition coefficient (Wildman–Crippen LogP) is 11.9. The van der Waals surface area contributed by atoms with Crippen LogP contribution in [-0.2, 0) is 5.41 Å². The van der Waals surface area contributed by atoms with Crippen LogP contribution in [0.15, 0.2) is 127 Å². The molecule has 7 aromatic carbocycles. The molecule has 0 spiro atoms. The van der Waals surface area contributed by atoms with Gasteiger partial charge in [0.25, 0.3) is 0 Å². The molecule has 1 aliphatic carbocycles. The highest BCUT2D eigenvalue weighted by Gasteiger charge is 2.36. The Morgan fingerprint density at radius 1 is 0.452 bits per heavy atom. The molecule has 0 heteroatoms. The van der Waals surface area contributed by atoms with Gasteiger partial charge in [0, 0.05) is 5.41 Å². The van der Waals surface area contributed by atoms with E-state index in [0.29, 0.717) is 5.92 Å². The molecule has 0 aliphatic heterocycles. The van der Waals surface area contributed by atoms with Gasteiger partial charge in [-0.05, 0) is 100 Å². The number of benzene rings is 7. The molecule has 0 bridgehead atoms. The summed E-state index contributed by atoms with van der Waals surface area (Å²) in [5, 5.41) is 7.74. The Hall–Kier alpha value is -4.68. The van der Waals surface area contributed by atoms with Crippen LogP contribution in [0.25, 0.3) is 65.7 Å². The van der Waals surface area contributed by atoms with Gasteiger partial charge in [0.1, 0.15) is 0 Å². The SMILES string of the molecule is CC(C)c1ccc2c(c1)C(C)(C)c1cc(-c3c4ccccc4c(-c4ccc5ccccc5c4)c4ccccc34)ccc1-2. The monoisotopic (exact) mass is 538 g/mol. The second-order valence-electron chi connectivity index (χ2n) is 12.7. The minimum absolute atomic E-state index is 0.0534. The zero-order valence-corrected chi connectivity index (χ0v) is 24.7. The Morgan fingerprint density at radius 3 is 1.52 bits per heavy atom. The molecular formula is C42H34. The summed E-state index contributed by atoms with van der Waals surface area (Å²) in [6.07, 6.45) is 0. The van der Waals surface area contributed by atoms with Gasteiger partial charge in [0.15, 0.2) is 0 Å². The minimum Gasteiger partial charge on any atom is -0.0616 e. The first kappa shape index (κ1) is 25.1. The third kappa shape index (κ3) is 3.61. The topological polar surface area (TPSA) is 0 Å². The summed E-state index contributed by atoms with van der Waals surface area (Å²) in [6, 6.07) is 47.8. The molecule has 7 aromatic rings. The average molecular weight is 539 g/mol. The summed E-state index contributed by atoms with van der Waals surface area (Å²) < 4.78 is 0. The van der Waals surface area contributed by atoms with E-state index < -0.39 is 0 Å². The van der Waals surface area contributed by atoms with Crippen LogP contribution in [0, 0.1) is 0 Å². The van der Waals surface area contributed by atoms with Gasteiger partial charge in [-0.1, -0.05) is 143 Å². The molecule has 0 heterocycles. The summed E-state index contributed by atoms with van der Waals surface area (Å²) in [5.74, 6) is 0.518. The molecule has 0 aromatic heterocycles. The Balaban J connectivity index is 1.39. The zero-order valence-electron chi connectivity index (χ0n) is 24.7. The van der Waals surface area contributed by atoms with Crippen molar-refractivity contribution in [3.05, 3.63) is 144 Å². The lowest BCUT2D eigenvalue weighted by Crippen LogP contribution is -2.15. The molecule has 0 unspecified atom stereocenters. The molecule has 1 aliphatic rings. The summed E-state index contributed by atoms with van der Waals surface area (Å²) >= 11 is 0. The lowest BCUT2D eigenvalue weighted by atomic mass is 9.79. The van der Waals surface area contributed by atoms with E-state index in [1.807, 2.05) is 0 Å². The first-order valence-electron chi connectivity index (χ1n) is 15.1. The largest absolute Gasteiger partial charge is 0.0616 e. The van der Waals surface area contributed by atoms with Crippen LogP contribution in [0.2, 0.25) is 0 Å². The summed E-state index contributed by atoms with van der Waals surface area (Å²) in [7, 11) is 0. The van der Waals surface area contributed by atoms with Crippen molar-refractivity contribution in [1.29, 1.82) is 0 Å². The number of hydrogen-bond donors (Lipinski definition) is 0. The van der Waals surface area contributed by atoms with Crippen molar-refractivity contribution in [2.75, 3.05) is 0 Å². The van der Waals surface area contributed by atoms with Crippen LogP contribution >= 0.6 is 0 Å². The Labute approximate surface area is 248 Å². The van der Waals surface area contributed by atoms with Crippen molar-refractivity contribution in [2.24, 2.45) is 0 Å². The zero-order chi connectivity index (χ0) is 28.6. The van der Waals surface area contributed by atoms with Crippen molar-refractivity contribution in [1.82, 2.24) is 0 Å². The van der Waals surface area contributed by atoms with Crippen molar-refractivity contribution in [3.63, 3.8) is 0 Å². The molecule has 0 fully saturated rings. The highest BCUT2D eigenvalue weighted by atomic mass is 14.4. The van der Waals surface area contributed by atoms with E-state index in [2.05, 4.69) is 155 Å². The van der Waals surface area contributed by atoms with Gasteiger partial charge in [-0.2, -0.15) is 0 Å². The van der Waals surface area contributed by atoms with E-state index in [-0.39, 0.29) is 5.41 Å². The van der Waals surface area contributed by atoms with Crippen LogP contribution in [0.4, 0.5) is 0 Å². The van der Waals surface area contributed by atoms with Gasteiger partial charge in [0.2, 0.25) is 0 Å². The first-order valence-corrected chi connectivity index (χ1v) is 15.1. The third-order valence-corrected chi connectivity index (χ3v) is 9.63. The smallest absolute Gasteiger partial charge is 0.0159 e. The van der Waals surface area contributed by atoms with E-state index in [1.165, 1.54) is 82.4 Å². The van der Waals surface area contributed by atoms with Crippen LogP contribution in [0.5, 0.6) is 0 Å². The Morgan fingerprint density at radius 2 is 0.929 bits per heavy atom. The third-order valence-electron chi connectivity index (χ3n) is 9.63. The maximum atomic E-state index is 2.48. The number of rotatable bonds is 3. The van der Waals surface area contributed by atoms with Crippen molar-refractivity contribution in [3.8, 4) is 33.4 Å². The van der Waals surface area contributed by atoms with Gasteiger partial charge in [0.05, 0.1) is 0 Å². The molecule has 42 heavy (non-hydrogen) atoms. The average Bonchev–Trinajstić information content (AvgIpc) is 3.24. The molecule has 0 saturated heterocycles. The van der Waals surface area contributed by atoms with E-state index in [9.17, 15) is 0 Å². The number of hydrogen-bond acceptors (Lipinski definition) is 0. The van der Waals surface area contributed by atoms with Gasteiger partial charge < -0.3 is 0 Å². The fraction of sp³-hybridized carbons (Fsp3) is 0.143. The standard InChI is InChI=1S/C42H34/c1-26(2)28-19-21-32-33-22-20-31(25-39(33)42(3,4)38(32)24-28)41-36-15-9-7-13-34(36)40(35-14-8-10-16-37(35)41)30-18-17-27-11-5-6-12-29(27)23-30/h5-26H,1-4H3. The maximum Gasteiger partial charge on any atom is 0.0159 e. The van der Waals surface area contributed by atoms with E-state index in [0.717, 1.165) is 0 Å². The molecule has 0 radical (unpaired) electrons. The lowest BCUT2D eigenvalue weighted by molar-refractivity contribution is 0.658. The highest BCUT2D eigenvalue weighted by molar-refractivity contribution is 6.21. The van der Waals surface area contributed by atoms with Gasteiger partial charge in [-0.25, -0.2) is 0 Å². The molecule has 8 rings (SSSR count). The Kier molecular flexibility index (Phi) is 5.47. The highest BCUT2D eigenvalue weighted by Crippen LogP contribution is 2.52. The van der Waals surface area contributed by atoms with Crippen LogP contribution in [0.1, 0.15) is 50.3 Å². The van der Waals surface area contributed by atoms with Crippen LogP contribution in [-0.4, -0.2) is 0 Å². The molecule has 0 atom stereocenters. The van der Waals surface area contributed by atoms with Gasteiger partial charge >= 0.3 is 0 Å². The Bertz CT molecular complexity index is 2130. The second kappa shape index (κ2) is 9.16. The molecule has 0 N–H and O–H groups in total. The van der Waals surface area contributed by atoms with E-state index in [1.54, 1.807) is 0 Å². The lowest BCUT2D eigenvalue weighted by Gasteiger charge is -2.24. The first-order chi connectivity index (χ1) is 20.4. The van der Waals surface area contributed by atoms with Crippen LogP contribution in [0.3, 0.4) is 0 Å². The maximum absolute atomic E-state index is 2.48. The van der Waals surface area contributed by atoms with Gasteiger partial charge in [-0.3, -0.25) is 0 Å². The summed E-state index contributed by atoms with van der Waals surface area (Å²) in [4.78, 5) is 0. The van der Waals surface area contributed by atoms with Crippen molar-refractivity contribution < 1.29 is 0 Å². The predicted molar refractivity (Wildman–Crippen MR) is 181 cm³/mol. The normalized spacial score (nSPS) is 13.6.